The highest BCUT2D eigenvalue weighted by Gasteiger charge is 2.23. The van der Waals surface area contributed by atoms with Crippen LogP contribution in [0.25, 0.3) is 0 Å². The van der Waals surface area contributed by atoms with Crippen LogP contribution < -0.4 is 10.6 Å². The molecule has 4 heteroatoms. The summed E-state index contributed by atoms with van der Waals surface area (Å²) in [5.41, 5.74) is 3.56. The normalized spacial score (nSPS) is 18.0. The standard InChI is InChI=1S/C17H20N2OS/c1-2-12-9-10-21-16(12)11-18-15-8-7-13-5-3-4-6-14(13)19-17(15)20/h3-6,9-10,15,18H,2,7-8,11H2,1H3,(H,19,20). The lowest BCUT2D eigenvalue weighted by Gasteiger charge is -2.15. The molecular weight excluding hydrogens is 280 g/mol. The van der Waals surface area contributed by atoms with E-state index in [9.17, 15) is 4.79 Å². The number of carbonyl (C=O) groups excluding carboxylic acids is 1. The molecule has 0 saturated carbocycles. The van der Waals surface area contributed by atoms with Crippen molar-refractivity contribution in [3.8, 4) is 0 Å². The molecule has 0 saturated heterocycles. The van der Waals surface area contributed by atoms with Gasteiger partial charge in [-0.15, -0.1) is 11.3 Å². The van der Waals surface area contributed by atoms with Crippen LogP contribution in [-0.4, -0.2) is 11.9 Å². The molecule has 2 heterocycles. The minimum atomic E-state index is -0.121. The molecular formula is C17H20N2OS. The molecule has 1 aromatic heterocycles. The van der Waals surface area contributed by atoms with Crippen LogP contribution in [0.1, 0.15) is 29.3 Å². The third kappa shape index (κ3) is 3.17. The Labute approximate surface area is 129 Å². The number of hydrogen-bond donors (Lipinski definition) is 2. The first-order valence-corrected chi connectivity index (χ1v) is 8.33. The monoisotopic (exact) mass is 300 g/mol. The average Bonchev–Trinajstić information content (AvgIpc) is 2.89. The number of nitrogens with one attached hydrogen (secondary N) is 2. The lowest BCUT2D eigenvalue weighted by atomic mass is 10.1. The summed E-state index contributed by atoms with van der Waals surface area (Å²) in [7, 11) is 0. The topological polar surface area (TPSA) is 41.1 Å². The number of fused-ring (bicyclic) bond motifs is 1. The molecule has 2 N–H and O–H groups in total. The number of hydrogen-bond acceptors (Lipinski definition) is 3. The van der Waals surface area contributed by atoms with E-state index >= 15 is 0 Å². The van der Waals surface area contributed by atoms with Crippen LogP contribution in [-0.2, 0) is 24.2 Å². The van der Waals surface area contributed by atoms with Gasteiger partial charge in [-0.05, 0) is 47.9 Å². The van der Waals surface area contributed by atoms with Gasteiger partial charge in [0.2, 0.25) is 5.91 Å². The number of amides is 1. The number of thiophene rings is 1. The fourth-order valence-corrected chi connectivity index (χ4v) is 3.69. The van der Waals surface area contributed by atoms with Crippen LogP contribution >= 0.6 is 11.3 Å². The Hall–Kier alpha value is -1.65. The average molecular weight is 300 g/mol. The van der Waals surface area contributed by atoms with Crippen LogP contribution in [0.2, 0.25) is 0 Å². The maximum absolute atomic E-state index is 12.3. The number of aryl methyl sites for hydroxylation is 2. The number of benzene rings is 1. The highest BCUT2D eigenvalue weighted by atomic mass is 32.1. The minimum Gasteiger partial charge on any atom is -0.324 e. The van der Waals surface area contributed by atoms with Crippen molar-refractivity contribution in [2.24, 2.45) is 0 Å². The van der Waals surface area contributed by atoms with Crippen LogP contribution in [0.3, 0.4) is 0 Å². The Bertz CT molecular complexity index is 635. The van der Waals surface area contributed by atoms with E-state index in [4.69, 9.17) is 0 Å². The minimum absolute atomic E-state index is 0.0783. The molecule has 0 spiro atoms. The predicted molar refractivity (Wildman–Crippen MR) is 87.7 cm³/mol. The molecule has 0 bridgehead atoms. The van der Waals surface area contributed by atoms with E-state index in [1.807, 2.05) is 18.2 Å². The quantitative estimate of drug-likeness (QED) is 0.909. The zero-order valence-electron chi connectivity index (χ0n) is 12.2. The molecule has 2 aromatic rings. The number of carbonyl (C=O) groups is 1. The smallest absolute Gasteiger partial charge is 0.241 e. The molecule has 21 heavy (non-hydrogen) atoms. The Balaban J connectivity index is 1.66. The summed E-state index contributed by atoms with van der Waals surface area (Å²) in [6, 6.07) is 10.1. The van der Waals surface area contributed by atoms with Gasteiger partial charge in [0, 0.05) is 17.1 Å². The van der Waals surface area contributed by atoms with Crippen molar-refractivity contribution < 1.29 is 4.79 Å². The largest absolute Gasteiger partial charge is 0.324 e. The van der Waals surface area contributed by atoms with Gasteiger partial charge in [-0.2, -0.15) is 0 Å². The molecule has 1 aliphatic heterocycles. The lowest BCUT2D eigenvalue weighted by Crippen LogP contribution is -2.39. The van der Waals surface area contributed by atoms with Crippen LogP contribution in [0, 0.1) is 0 Å². The van der Waals surface area contributed by atoms with Crippen molar-refractivity contribution in [2.75, 3.05) is 5.32 Å². The first kappa shape index (κ1) is 14.3. The van der Waals surface area contributed by atoms with Gasteiger partial charge in [-0.3, -0.25) is 4.79 Å². The van der Waals surface area contributed by atoms with Crippen molar-refractivity contribution in [3.63, 3.8) is 0 Å². The molecule has 1 unspecified atom stereocenters. The zero-order valence-corrected chi connectivity index (χ0v) is 13.0. The van der Waals surface area contributed by atoms with Gasteiger partial charge in [-0.1, -0.05) is 25.1 Å². The van der Waals surface area contributed by atoms with Crippen LogP contribution in [0.4, 0.5) is 5.69 Å². The molecule has 1 atom stereocenters. The molecule has 3 rings (SSSR count). The maximum atomic E-state index is 12.3. The summed E-state index contributed by atoms with van der Waals surface area (Å²) in [5.74, 6) is 0.0783. The molecule has 1 amide bonds. The third-order valence-electron chi connectivity index (χ3n) is 4.02. The summed E-state index contributed by atoms with van der Waals surface area (Å²) in [4.78, 5) is 13.7. The van der Waals surface area contributed by atoms with Crippen molar-refractivity contribution in [3.05, 3.63) is 51.7 Å². The summed E-state index contributed by atoms with van der Waals surface area (Å²) >= 11 is 1.76. The SMILES string of the molecule is CCc1ccsc1CNC1CCc2ccccc2NC1=O. The van der Waals surface area contributed by atoms with Gasteiger partial charge < -0.3 is 10.6 Å². The van der Waals surface area contributed by atoms with E-state index in [1.54, 1.807) is 11.3 Å². The second-order valence-corrected chi connectivity index (χ2v) is 6.34. The Morgan fingerprint density at radius 2 is 2.19 bits per heavy atom. The zero-order chi connectivity index (χ0) is 14.7. The van der Waals surface area contributed by atoms with Crippen molar-refractivity contribution in [1.82, 2.24) is 5.32 Å². The van der Waals surface area contributed by atoms with E-state index in [0.29, 0.717) is 0 Å². The fraction of sp³-hybridized carbons (Fsp3) is 0.353. The molecule has 3 nitrogen and oxygen atoms in total. The van der Waals surface area contributed by atoms with Crippen molar-refractivity contribution in [2.45, 2.75) is 38.8 Å². The fourth-order valence-electron chi connectivity index (χ4n) is 2.76. The van der Waals surface area contributed by atoms with Gasteiger partial charge in [0.05, 0.1) is 6.04 Å². The van der Waals surface area contributed by atoms with Gasteiger partial charge in [0.15, 0.2) is 0 Å². The Morgan fingerprint density at radius 1 is 1.33 bits per heavy atom. The molecule has 0 aliphatic carbocycles. The number of rotatable bonds is 4. The van der Waals surface area contributed by atoms with E-state index in [-0.39, 0.29) is 11.9 Å². The molecule has 0 fully saturated rings. The Morgan fingerprint density at radius 3 is 3.05 bits per heavy atom. The van der Waals surface area contributed by atoms with Crippen molar-refractivity contribution in [1.29, 1.82) is 0 Å². The van der Waals surface area contributed by atoms with Crippen molar-refractivity contribution >= 4 is 22.9 Å². The lowest BCUT2D eigenvalue weighted by molar-refractivity contribution is -0.118. The van der Waals surface area contributed by atoms with Gasteiger partial charge in [-0.25, -0.2) is 0 Å². The number of anilines is 1. The summed E-state index contributed by atoms with van der Waals surface area (Å²) in [5, 5.41) is 8.58. The summed E-state index contributed by atoms with van der Waals surface area (Å²) in [6.07, 6.45) is 2.82. The van der Waals surface area contributed by atoms with E-state index < -0.39 is 0 Å². The highest BCUT2D eigenvalue weighted by Crippen LogP contribution is 2.22. The van der Waals surface area contributed by atoms with E-state index in [1.165, 1.54) is 16.0 Å². The van der Waals surface area contributed by atoms with Crippen LogP contribution in [0.15, 0.2) is 35.7 Å². The second-order valence-electron chi connectivity index (χ2n) is 5.34. The van der Waals surface area contributed by atoms with E-state index in [0.717, 1.165) is 31.5 Å². The highest BCUT2D eigenvalue weighted by molar-refractivity contribution is 7.10. The van der Waals surface area contributed by atoms with Gasteiger partial charge in [0.25, 0.3) is 0 Å². The molecule has 1 aromatic carbocycles. The van der Waals surface area contributed by atoms with E-state index in [2.05, 4.69) is 35.1 Å². The Kier molecular flexibility index (Phi) is 4.36. The van der Waals surface area contributed by atoms with Crippen LogP contribution in [0.5, 0.6) is 0 Å². The number of para-hydroxylation sites is 1. The van der Waals surface area contributed by atoms with Gasteiger partial charge in [0.1, 0.15) is 0 Å². The first-order valence-electron chi connectivity index (χ1n) is 7.45. The molecule has 110 valence electrons. The maximum Gasteiger partial charge on any atom is 0.241 e. The third-order valence-corrected chi connectivity index (χ3v) is 4.98. The molecule has 0 radical (unpaired) electrons. The predicted octanol–water partition coefficient (Wildman–Crippen LogP) is 3.35. The van der Waals surface area contributed by atoms with Gasteiger partial charge >= 0.3 is 0 Å². The summed E-state index contributed by atoms with van der Waals surface area (Å²) < 4.78 is 0. The molecule has 1 aliphatic rings. The summed E-state index contributed by atoms with van der Waals surface area (Å²) in [6.45, 7) is 2.94. The second kappa shape index (κ2) is 6.41. The first-order chi connectivity index (χ1) is 10.3.